The molecule has 1 unspecified atom stereocenters. The third-order valence-electron chi connectivity index (χ3n) is 4.74. The van der Waals surface area contributed by atoms with Crippen LogP contribution in [0.3, 0.4) is 0 Å². The van der Waals surface area contributed by atoms with Crippen molar-refractivity contribution in [2.45, 2.75) is 50.7 Å². The number of H-pyrrole nitrogens is 1. The van der Waals surface area contributed by atoms with Gasteiger partial charge < -0.3 is 30.4 Å². The minimum atomic E-state index is -1.88. The number of aromatic nitrogens is 1. The van der Waals surface area contributed by atoms with Gasteiger partial charge in [-0.15, -0.1) is 0 Å². The monoisotopic (exact) mass is 391 g/mol. The smallest absolute Gasteiger partial charge is 0.323 e. The molecule has 0 amide bonds. The van der Waals surface area contributed by atoms with Crippen LogP contribution in [0.15, 0.2) is 17.1 Å². The lowest BCUT2D eigenvalue weighted by Gasteiger charge is -2.23. The molecule has 5 atom stereocenters. The average Bonchev–Trinajstić information content (AvgIpc) is 3.25. The summed E-state index contributed by atoms with van der Waals surface area (Å²) >= 11 is 0. The van der Waals surface area contributed by atoms with Gasteiger partial charge in [-0.25, -0.2) is 4.99 Å². The molecular weight excluding hydrogens is 366 g/mol. The SMILES string of the molecule is CC(=NC=N)c1ccc([C@]2(C#N)OC(COC(=O)[C@@H](N)C(C)C)[C@@H](O)[C@H]2O)[nH]1. The standard InChI is InChI=1S/C18H25N5O5/c1-9(2)14(21)17(26)27-6-12-15(24)16(25)18(7-19,28-12)13-5-4-11(23-13)10(3)22-8-20/h4-5,8-9,12,14-16,20,23-25H,6,21H2,1-3H3/t12?,14-,15+,16+,18-/m0/s1. The van der Waals surface area contributed by atoms with Crippen molar-refractivity contribution in [3.63, 3.8) is 0 Å². The van der Waals surface area contributed by atoms with Crippen molar-refractivity contribution in [3.05, 3.63) is 23.5 Å². The van der Waals surface area contributed by atoms with Crippen LogP contribution in [0, 0.1) is 22.7 Å². The maximum atomic E-state index is 11.9. The van der Waals surface area contributed by atoms with Crippen LogP contribution < -0.4 is 5.73 Å². The van der Waals surface area contributed by atoms with E-state index in [2.05, 4.69) is 9.98 Å². The number of carbonyl (C=O) groups excluding carboxylic acids is 1. The Hall–Kier alpha value is -2.58. The van der Waals surface area contributed by atoms with Crippen molar-refractivity contribution < 1.29 is 24.5 Å². The van der Waals surface area contributed by atoms with Gasteiger partial charge in [-0.3, -0.25) is 10.2 Å². The highest BCUT2D eigenvalue weighted by Crippen LogP contribution is 2.39. The number of aliphatic hydroxyl groups excluding tert-OH is 2. The van der Waals surface area contributed by atoms with E-state index in [9.17, 15) is 20.3 Å². The summed E-state index contributed by atoms with van der Waals surface area (Å²) < 4.78 is 10.8. The molecular formula is C18H25N5O5. The van der Waals surface area contributed by atoms with E-state index >= 15 is 0 Å². The first-order valence-corrected chi connectivity index (χ1v) is 8.78. The van der Waals surface area contributed by atoms with Gasteiger partial charge >= 0.3 is 5.97 Å². The molecule has 1 aromatic heterocycles. The summed E-state index contributed by atoms with van der Waals surface area (Å²) in [6.45, 7) is 4.84. The van der Waals surface area contributed by atoms with Crippen molar-refractivity contribution in [1.82, 2.24) is 4.98 Å². The number of aromatic amines is 1. The molecule has 6 N–H and O–H groups in total. The number of nitrogens with two attached hydrogens (primary N) is 1. The molecule has 1 aliphatic heterocycles. The highest BCUT2D eigenvalue weighted by atomic mass is 16.6. The predicted octanol–water partition coefficient (Wildman–Crippen LogP) is -0.203. The molecule has 1 aromatic rings. The van der Waals surface area contributed by atoms with Gasteiger partial charge in [0.1, 0.15) is 43.4 Å². The fourth-order valence-corrected chi connectivity index (χ4v) is 2.85. The number of rotatable bonds is 7. The fraction of sp³-hybridized carbons (Fsp3) is 0.556. The highest BCUT2D eigenvalue weighted by molar-refractivity contribution is 6.00. The molecule has 28 heavy (non-hydrogen) atoms. The molecule has 1 fully saturated rings. The number of aliphatic imine (C=N–C) groups is 1. The minimum absolute atomic E-state index is 0.131. The molecule has 0 bridgehead atoms. The maximum Gasteiger partial charge on any atom is 0.323 e. The van der Waals surface area contributed by atoms with E-state index in [0.29, 0.717) is 11.4 Å². The quantitative estimate of drug-likeness (QED) is 0.242. The number of carbonyl (C=O) groups is 1. The first kappa shape index (κ1) is 21.7. The van der Waals surface area contributed by atoms with E-state index in [1.165, 1.54) is 6.07 Å². The van der Waals surface area contributed by atoms with Crippen LogP contribution in [0.4, 0.5) is 0 Å². The number of nitrogens with one attached hydrogen (secondary N) is 2. The molecule has 0 spiro atoms. The Bertz CT molecular complexity index is 799. The Kier molecular flexibility index (Phi) is 6.69. The van der Waals surface area contributed by atoms with E-state index in [1.807, 2.05) is 6.07 Å². The lowest BCUT2D eigenvalue weighted by Crippen LogP contribution is -2.41. The highest BCUT2D eigenvalue weighted by Gasteiger charge is 2.57. The van der Waals surface area contributed by atoms with E-state index in [1.54, 1.807) is 26.8 Å². The summed E-state index contributed by atoms with van der Waals surface area (Å²) in [5.41, 5.74) is 5.08. The molecule has 1 saturated heterocycles. The molecule has 0 radical (unpaired) electrons. The van der Waals surface area contributed by atoms with Gasteiger partial charge in [-0.2, -0.15) is 5.26 Å². The van der Waals surface area contributed by atoms with Crippen LogP contribution in [0.5, 0.6) is 0 Å². The number of hydrogen-bond donors (Lipinski definition) is 5. The van der Waals surface area contributed by atoms with Crippen molar-refractivity contribution in [2.24, 2.45) is 16.6 Å². The number of hydrogen-bond acceptors (Lipinski definition) is 8. The maximum absolute atomic E-state index is 11.9. The Balaban J connectivity index is 2.20. The second kappa shape index (κ2) is 8.62. The third kappa shape index (κ3) is 3.98. The van der Waals surface area contributed by atoms with Gasteiger partial charge in [0.05, 0.1) is 17.1 Å². The Morgan fingerprint density at radius 3 is 2.82 bits per heavy atom. The topological polar surface area (TPSA) is 178 Å². The first-order valence-electron chi connectivity index (χ1n) is 8.78. The molecule has 1 aliphatic rings. The van der Waals surface area contributed by atoms with Crippen molar-refractivity contribution in [2.75, 3.05) is 6.61 Å². The number of nitriles is 1. The predicted molar refractivity (Wildman–Crippen MR) is 99.7 cm³/mol. The lowest BCUT2D eigenvalue weighted by atomic mass is 9.93. The van der Waals surface area contributed by atoms with Gasteiger partial charge in [0.2, 0.25) is 5.60 Å². The van der Waals surface area contributed by atoms with Crippen LogP contribution in [-0.2, 0) is 19.9 Å². The fourth-order valence-electron chi connectivity index (χ4n) is 2.85. The second-order valence-electron chi connectivity index (χ2n) is 6.97. The molecule has 0 aromatic carbocycles. The Morgan fingerprint density at radius 2 is 2.25 bits per heavy atom. The Labute approximate surface area is 162 Å². The van der Waals surface area contributed by atoms with Gasteiger partial charge in [0, 0.05) is 0 Å². The number of aliphatic hydroxyl groups is 2. The summed E-state index contributed by atoms with van der Waals surface area (Å²) in [6, 6.07) is 4.22. The van der Waals surface area contributed by atoms with E-state index in [-0.39, 0.29) is 18.2 Å². The van der Waals surface area contributed by atoms with E-state index in [4.69, 9.17) is 20.6 Å². The van der Waals surface area contributed by atoms with E-state index in [0.717, 1.165) is 6.34 Å². The number of nitrogens with zero attached hydrogens (tertiary/aromatic N) is 2. The zero-order valence-electron chi connectivity index (χ0n) is 15.9. The normalized spacial score (nSPS) is 28.8. The van der Waals surface area contributed by atoms with E-state index < -0.39 is 35.9 Å². The summed E-state index contributed by atoms with van der Waals surface area (Å²) in [5.74, 6) is -0.788. The van der Waals surface area contributed by atoms with Crippen molar-refractivity contribution >= 4 is 18.0 Å². The van der Waals surface area contributed by atoms with Crippen molar-refractivity contribution in [1.29, 1.82) is 10.7 Å². The molecule has 0 aliphatic carbocycles. The molecule has 2 rings (SSSR count). The van der Waals surface area contributed by atoms with Gasteiger partial charge in [-0.1, -0.05) is 13.8 Å². The summed E-state index contributed by atoms with van der Waals surface area (Å²) in [7, 11) is 0. The molecule has 10 heteroatoms. The summed E-state index contributed by atoms with van der Waals surface area (Å²) in [4.78, 5) is 18.7. The largest absolute Gasteiger partial charge is 0.462 e. The number of ether oxygens (including phenoxy) is 2. The minimum Gasteiger partial charge on any atom is -0.462 e. The molecule has 10 nitrogen and oxygen atoms in total. The number of esters is 1. The summed E-state index contributed by atoms with van der Waals surface area (Å²) in [6.07, 6.45) is -3.26. The van der Waals surface area contributed by atoms with Crippen LogP contribution in [0.1, 0.15) is 32.2 Å². The van der Waals surface area contributed by atoms with Gasteiger partial charge in [-0.05, 0) is 25.0 Å². The third-order valence-corrected chi connectivity index (χ3v) is 4.74. The second-order valence-corrected chi connectivity index (χ2v) is 6.97. The first-order chi connectivity index (χ1) is 13.2. The van der Waals surface area contributed by atoms with Gasteiger partial charge in [0.15, 0.2) is 0 Å². The zero-order valence-corrected chi connectivity index (χ0v) is 15.9. The van der Waals surface area contributed by atoms with Crippen LogP contribution in [0.2, 0.25) is 0 Å². The Morgan fingerprint density at radius 1 is 1.57 bits per heavy atom. The molecule has 0 saturated carbocycles. The van der Waals surface area contributed by atoms with Crippen LogP contribution >= 0.6 is 0 Å². The van der Waals surface area contributed by atoms with Crippen LogP contribution in [0.25, 0.3) is 0 Å². The molecule has 152 valence electrons. The average molecular weight is 391 g/mol. The van der Waals surface area contributed by atoms with Crippen LogP contribution in [-0.4, -0.2) is 64.2 Å². The zero-order chi connectivity index (χ0) is 21.1. The summed E-state index contributed by atoms with van der Waals surface area (Å²) in [5, 5.41) is 37.6. The molecule has 2 heterocycles. The lowest BCUT2D eigenvalue weighted by molar-refractivity contribution is -0.153. The van der Waals surface area contributed by atoms with Crippen molar-refractivity contribution in [3.8, 4) is 6.07 Å². The van der Waals surface area contributed by atoms with Gasteiger partial charge in [0.25, 0.3) is 0 Å².